The Hall–Kier alpha value is -5.94. The maximum absolute atomic E-state index is 13.1. The normalized spacial score (nSPS) is 11.4. The molecule has 3 amide bonds. The molecule has 4 N–H and O–H groups in total. The minimum Gasteiger partial charge on any atom is -0.497 e. The van der Waals surface area contributed by atoms with Gasteiger partial charge in [0, 0.05) is 60.4 Å². The van der Waals surface area contributed by atoms with Crippen LogP contribution in [-0.4, -0.2) is 179 Å². The molecule has 4 aromatic rings. The largest absolute Gasteiger partial charge is 0.497 e. The number of aryl methyl sites for hydroxylation is 6. The predicted octanol–water partition coefficient (Wildman–Crippen LogP) is 4.24. The van der Waals surface area contributed by atoms with Crippen molar-refractivity contribution >= 4 is 43.7 Å². The molecule has 0 saturated carbocycles. The third-order valence-corrected chi connectivity index (χ3v) is 16.1. The van der Waals surface area contributed by atoms with Crippen LogP contribution in [0, 0.1) is 27.7 Å². The van der Waals surface area contributed by atoms with Crippen molar-refractivity contribution in [2.24, 2.45) is 0 Å². The first-order valence-corrected chi connectivity index (χ1v) is 27.4. The summed E-state index contributed by atoms with van der Waals surface area (Å²) in [5, 5.41) is 16.3. The van der Waals surface area contributed by atoms with E-state index in [-0.39, 0.29) is 36.0 Å². The molecule has 0 unspecified atom stereocenters. The number of hydrogen-bond acceptors (Lipinski definition) is 13. The maximum Gasteiger partial charge on any atom is 0.394 e. The van der Waals surface area contributed by atoms with Gasteiger partial charge in [-0.1, -0.05) is 48.5 Å². The van der Waals surface area contributed by atoms with Gasteiger partial charge in [0.15, 0.2) is 0 Å². The number of methoxy groups -OCH3 is 2. The molecule has 21 heteroatoms. The van der Waals surface area contributed by atoms with Crippen molar-refractivity contribution in [1.82, 2.24) is 39.3 Å². The van der Waals surface area contributed by atoms with Crippen molar-refractivity contribution in [3.63, 3.8) is 0 Å². The van der Waals surface area contributed by atoms with Gasteiger partial charge < -0.3 is 45.2 Å². The third-order valence-electron chi connectivity index (χ3n) is 11.8. The number of carbonyl (C=O) groups is 4. The Bertz CT molecular complexity index is 2650. The standard InChI is InChI=1S/C27H40N4O5S.C14H20N2O6S.C13H22N2/c1-20-17-24(36-7)18-21(2)25(20)37(34,35)31(6)16-14-28-26(32)27(33)30(5)19-23-12-10-22(11-13-23)9-8-15-29(3)4;1-9-7-11(22-4)8-10(2)12(9)23(20,21)16(3)6-5-15-13(17)14(18)19;1-14-11-13-8-6-12(7-9-13)5-4-10-15(2)3/h10-13,17-18H,8-9,14-16,19H2,1-7H3,(H,28,32);7-8H,5-6H2,1-4H3,(H,15,17)(H,18,19);6-9,14H,4-5,10-11H2,1-3H3. The summed E-state index contributed by atoms with van der Waals surface area (Å²) in [4.78, 5) is 52.4. The van der Waals surface area contributed by atoms with Gasteiger partial charge in [-0.15, -0.1) is 0 Å². The smallest absolute Gasteiger partial charge is 0.394 e. The molecular formula is C54H82N8O11S2. The molecule has 0 heterocycles. The van der Waals surface area contributed by atoms with E-state index in [2.05, 4.69) is 78.2 Å². The quantitative estimate of drug-likeness (QED) is 0.0721. The zero-order valence-electron chi connectivity index (χ0n) is 46.5. The molecule has 4 rings (SSSR count). The molecule has 4 aromatic carbocycles. The van der Waals surface area contributed by atoms with E-state index in [1.165, 1.54) is 67.1 Å². The molecule has 75 heavy (non-hydrogen) atoms. The number of carbonyl (C=O) groups excluding carboxylic acids is 3. The van der Waals surface area contributed by atoms with E-state index in [0.29, 0.717) is 40.3 Å². The van der Waals surface area contributed by atoms with Gasteiger partial charge in [-0.2, -0.15) is 8.61 Å². The molecule has 0 radical (unpaired) electrons. The van der Waals surface area contributed by atoms with Gasteiger partial charge in [0.25, 0.3) is 0 Å². The van der Waals surface area contributed by atoms with Crippen LogP contribution in [0.25, 0.3) is 0 Å². The minimum atomic E-state index is -3.79. The highest BCUT2D eigenvalue weighted by atomic mass is 32.2. The van der Waals surface area contributed by atoms with Crippen LogP contribution in [0.3, 0.4) is 0 Å². The fraction of sp³-hybridized carbons (Fsp3) is 0.481. The number of benzene rings is 4. The number of rotatable bonds is 24. The lowest BCUT2D eigenvalue weighted by molar-refractivity contribution is -0.150. The fourth-order valence-corrected chi connectivity index (χ4v) is 10.9. The second-order valence-electron chi connectivity index (χ2n) is 18.8. The summed E-state index contributed by atoms with van der Waals surface area (Å²) in [6.45, 7) is 10.1. The topological polar surface area (TPSA) is 228 Å². The lowest BCUT2D eigenvalue weighted by atomic mass is 10.1. The maximum atomic E-state index is 13.1. The number of aliphatic carboxylic acids is 1. The van der Waals surface area contributed by atoms with Gasteiger partial charge in [0.05, 0.1) is 24.0 Å². The highest BCUT2D eigenvalue weighted by Gasteiger charge is 2.27. The lowest BCUT2D eigenvalue weighted by Gasteiger charge is -2.21. The van der Waals surface area contributed by atoms with Crippen molar-refractivity contribution in [3.05, 3.63) is 117 Å². The van der Waals surface area contributed by atoms with E-state index in [1.54, 1.807) is 59.0 Å². The summed E-state index contributed by atoms with van der Waals surface area (Å²) >= 11 is 0. The van der Waals surface area contributed by atoms with Crippen molar-refractivity contribution in [3.8, 4) is 11.5 Å². The Kier molecular flexibility index (Phi) is 27.7. The average Bonchev–Trinajstić information content (AvgIpc) is 3.34. The molecule has 0 aliphatic heterocycles. The molecule has 0 aliphatic carbocycles. The highest BCUT2D eigenvalue weighted by molar-refractivity contribution is 7.89. The molecule has 416 valence electrons. The lowest BCUT2D eigenvalue weighted by Crippen LogP contribution is -2.43. The summed E-state index contributed by atoms with van der Waals surface area (Å²) in [6.07, 6.45) is 4.47. The average molecular weight is 1080 g/mol. The predicted molar refractivity (Wildman–Crippen MR) is 294 cm³/mol. The molecular weight excluding hydrogens is 1000 g/mol. The Morgan fingerprint density at radius 1 is 0.533 bits per heavy atom. The molecule has 0 saturated heterocycles. The van der Waals surface area contributed by atoms with E-state index < -0.39 is 43.7 Å². The number of carboxylic acid groups (broad SMARTS) is 1. The number of ether oxygens (including phenoxy) is 2. The van der Waals surface area contributed by atoms with E-state index in [1.807, 2.05) is 31.3 Å². The van der Waals surface area contributed by atoms with E-state index >= 15 is 0 Å². The van der Waals surface area contributed by atoms with Crippen LogP contribution in [0.15, 0.2) is 82.6 Å². The first-order chi connectivity index (χ1) is 35.2. The monoisotopic (exact) mass is 1080 g/mol. The van der Waals surface area contributed by atoms with Gasteiger partial charge in [-0.25, -0.2) is 21.6 Å². The van der Waals surface area contributed by atoms with Gasteiger partial charge in [0.2, 0.25) is 20.0 Å². The van der Waals surface area contributed by atoms with Crippen LogP contribution >= 0.6 is 0 Å². The number of sulfonamides is 2. The Morgan fingerprint density at radius 3 is 1.21 bits per heavy atom. The molecule has 0 aromatic heterocycles. The summed E-state index contributed by atoms with van der Waals surface area (Å²) in [7, 11) is 10.2. The third kappa shape index (κ3) is 21.7. The summed E-state index contributed by atoms with van der Waals surface area (Å²) in [5.41, 5.74) is 7.20. The van der Waals surface area contributed by atoms with E-state index in [0.717, 1.165) is 42.3 Å². The summed E-state index contributed by atoms with van der Waals surface area (Å²) in [6, 6.07) is 23.5. The van der Waals surface area contributed by atoms with Gasteiger partial charge >= 0.3 is 23.7 Å². The van der Waals surface area contributed by atoms with Crippen molar-refractivity contribution in [2.75, 3.05) is 110 Å². The second kappa shape index (κ2) is 31.8. The van der Waals surface area contributed by atoms with Crippen LogP contribution in [0.1, 0.15) is 57.3 Å². The van der Waals surface area contributed by atoms with Crippen LogP contribution in [0.2, 0.25) is 0 Å². The van der Waals surface area contributed by atoms with Crippen LogP contribution in [0.4, 0.5) is 0 Å². The van der Waals surface area contributed by atoms with Gasteiger partial charge in [-0.05, 0) is 170 Å². The van der Waals surface area contributed by atoms with Crippen molar-refractivity contribution in [2.45, 2.75) is 76.3 Å². The van der Waals surface area contributed by atoms with E-state index in [9.17, 15) is 36.0 Å². The number of likely N-dealkylation sites (N-methyl/N-ethyl adjacent to an activating group) is 3. The summed E-state index contributed by atoms with van der Waals surface area (Å²) in [5.74, 6) is -3.09. The first kappa shape index (κ1) is 65.2. The van der Waals surface area contributed by atoms with E-state index in [4.69, 9.17) is 14.6 Å². The molecule has 19 nitrogen and oxygen atoms in total. The van der Waals surface area contributed by atoms with Gasteiger partial charge in [-0.3, -0.25) is 14.4 Å². The second-order valence-corrected chi connectivity index (χ2v) is 22.8. The van der Waals surface area contributed by atoms with Gasteiger partial charge in [0.1, 0.15) is 11.5 Å². The zero-order chi connectivity index (χ0) is 56.6. The van der Waals surface area contributed by atoms with Crippen molar-refractivity contribution < 1.29 is 50.6 Å². The minimum absolute atomic E-state index is 0.00401. The molecule has 0 spiro atoms. The molecule has 0 atom stereocenters. The Labute approximate surface area is 446 Å². The van der Waals surface area contributed by atoms with Crippen molar-refractivity contribution in [1.29, 1.82) is 0 Å². The molecule has 0 aliphatic rings. The zero-order valence-corrected chi connectivity index (χ0v) is 48.1. The Morgan fingerprint density at radius 2 is 0.880 bits per heavy atom. The van der Waals surface area contributed by atoms with Crippen LogP contribution < -0.4 is 25.4 Å². The Balaban J connectivity index is 0.000000429. The number of hydrogen-bond donors (Lipinski definition) is 4. The molecule has 0 bridgehead atoms. The fourth-order valence-electron chi connectivity index (χ4n) is 7.78. The number of amides is 3. The first-order valence-electron chi connectivity index (χ1n) is 24.6. The number of nitrogens with one attached hydrogen (secondary N) is 3. The number of carboxylic acids is 1. The highest BCUT2D eigenvalue weighted by Crippen LogP contribution is 2.29. The SMILES string of the molecule is CNCc1ccc(CCCN(C)C)cc1.COc1cc(C)c(S(=O)(=O)N(C)CCNC(=O)C(=O)N(C)Cc2ccc(CCCN(C)C)cc2)c(C)c1.COc1cc(C)c(S(=O)(=O)N(C)CCNC(=O)C(=O)O)c(C)c1. The number of nitrogens with zero attached hydrogens (tertiary/aromatic N) is 5. The molecule has 0 fully saturated rings. The van der Waals surface area contributed by atoms with Crippen LogP contribution in [0.5, 0.6) is 11.5 Å². The van der Waals surface area contributed by atoms with Crippen LogP contribution in [-0.2, 0) is 65.2 Å². The summed E-state index contributed by atoms with van der Waals surface area (Å²) < 4.78 is 64.0.